The maximum absolute atomic E-state index is 2.44. The van der Waals surface area contributed by atoms with Gasteiger partial charge in [0.15, 0.2) is 0 Å². The molecule has 1 unspecified atom stereocenters. The van der Waals surface area contributed by atoms with E-state index in [1.54, 1.807) is 0 Å². The molecule has 2 nitrogen and oxygen atoms in total. The van der Waals surface area contributed by atoms with Gasteiger partial charge >= 0.3 is 0 Å². The highest BCUT2D eigenvalue weighted by Crippen LogP contribution is 2.51. The Balaban J connectivity index is 1.07. The van der Waals surface area contributed by atoms with Gasteiger partial charge in [-0.1, -0.05) is 115 Å². The highest BCUT2D eigenvalue weighted by molar-refractivity contribution is 6.13. The maximum Gasteiger partial charge on any atom is 0.0542 e. The molecule has 0 saturated carbocycles. The predicted molar refractivity (Wildman–Crippen MR) is 228 cm³/mol. The van der Waals surface area contributed by atoms with Crippen LogP contribution in [0.2, 0.25) is 0 Å². The topological polar surface area (TPSA) is 9.86 Å². The van der Waals surface area contributed by atoms with Crippen molar-refractivity contribution in [1.29, 1.82) is 0 Å². The number of hydrogen-bond acceptors (Lipinski definition) is 0. The van der Waals surface area contributed by atoms with Crippen molar-refractivity contribution in [3.8, 4) is 33.6 Å². The van der Waals surface area contributed by atoms with Crippen molar-refractivity contribution in [2.24, 2.45) is 0 Å². The molecule has 0 radical (unpaired) electrons. The summed E-state index contributed by atoms with van der Waals surface area (Å²) in [6.07, 6.45) is 0. The summed E-state index contributed by atoms with van der Waals surface area (Å²) in [6, 6.07) is 63.1. The lowest BCUT2D eigenvalue weighted by Crippen LogP contribution is -2.05. The lowest BCUT2D eigenvalue weighted by molar-refractivity contribution is 0.976. The van der Waals surface area contributed by atoms with Crippen LogP contribution in [0.15, 0.2) is 170 Å². The molecule has 2 heterocycles. The van der Waals surface area contributed by atoms with E-state index >= 15 is 0 Å². The summed E-state index contributed by atoms with van der Waals surface area (Å²) < 4.78 is 4.82. The molecule has 1 aliphatic carbocycles. The number of nitrogens with zero attached hydrogens (tertiary/aromatic N) is 2. The van der Waals surface area contributed by atoms with Crippen LogP contribution in [-0.2, 0) is 0 Å². The maximum atomic E-state index is 2.44. The monoisotopic (exact) mass is 690 g/mol. The SMILES string of the molecule is Cc1cc(C)c(C2c3ccccc3-c3cc(-c4ccc5c(c4)c4ccccc4n5-c4ccc5c(c4)c4ccccc4n5-c4ccccc4)ccc32)c(C)c1. The third-order valence-electron chi connectivity index (χ3n) is 11.9. The number of benzene rings is 8. The number of aromatic nitrogens is 2. The Labute approximate surface area is 315 Å². The van der Waals surface area contributed by atoms with Crippen molar-refractivity contribution in [2.75, 3.05) is 0 Å². The van der Waals surface area contributed by atoms with Crippen molar-refractivity contribution in [3.63, 3.8) is 0 Å². The highest BCUT2D eigenvalue weighted by Gasteiger charge is 2.32. The summed E-state index contributed by atoms with van der Waals surface area (Å²) in [5, 5.41) is 5.04. The fourth-order valence-corrected chi connectivity index (χ4v) is 9.73. The molecule has 1 atom stereocenters. The van der Waals surface area contributed by atoms with Crippen LogP contribution in [0.5, 0.6) is 0 Å². The summed E-state index contributed by atoms with van der Waals surface area (Å²) in [7, 11) is 0. The van der Waals surface area contributed by atoms with E-state index in [4.69, 9.17) is 0 Å². The van der Waals surface area contributed by atoms with Gasteiger partial charge in [0.25, 0.3) is 0 Å². The van der Waals surface area contributed by atoms with Gasteiger partial charge in [-0.2, -0.15) is 0 Å². The van der Waals surface area contributed by atoms with Crippen LogP contribution < -0.4 is 0 Å². The van der Waals surface area contributed by atoms with Crippen molar-refractivity contribution < 1.29 is 0 Å². The van der Waals surface area contributed by atoms with Crippen molar-refractivity contribution in [2.45, 2.75) is 26.7 Å². The second-order valence-corrected chi connectivity index (χ2v) is 15.1. The minimum Gasteiger partial charge on any atom is -0.309 e. The molecule has 256 valence electrons. The number of fused-ring (bicyclic) bond motifs is 9. The van der Waals surface area contributed by atoms with Crippen LogP contribution in [0.4, 0.5) is 0 Å². The van der Waals surface area contributed by atoms with E-state index < -0.39 is 0 Å². The molecule has 10 aromatic rings. The van der Waals surface area contributed by atoms with E-state index in [1.807, 2.05) is 0 Å². The molecule has 0 amide bonds. The van der Waals surface area contributed by atoms with Gasteiger partial charge in [0.1, 0.15) is 0 Å². The number of rotatable bonds is 4. The van der Waals surface area contributed by atoms with Gasteiger partial charge in [0.05, 0.1) is 22.1 Å². The molecular weight excluding hydrogens is 653 g/mol. The number of hydrogen-bond donors (Lipinski definition) is 0. The van der Waals surface area contributed by atoms with Gasteiger partial charge in [-0.25, -0.2) is 0 Å². The fourth-order valence-electron chi connectivity index (χ4n) is 9.73. The van der Waals surface area contributed by atoms with E-state index in [0.29, 0.717) is 0 Å². The summed E-state index contributed by atoms with van der Waals surface area (Å²) in [6.45, 7) is 6.75. The van der Waals surface area contributed by atoms with Gasteiger partial charge in [0, 0.05) is 38.8 Å². The van der Waals surface area contributed by atoms with Crippen LogP contribution in [0.1, 0.15) is 39.3 Å². The molecule has 2 heteroatoms. The zero-order valence-electron chi connectivity index (χ0n) is 30.6. The molecule has 0 spiro atoms. The van der Waals surface area contributed by atoms with Crippen molar-refractivity contribution in [3.05, 3.63) is 203 Å². The van der Waals surface area contributed by atoms with E-state index in [0.717, 1.165) is 0 Å². The molecule has 8 aromatic carbocycles. The molecule has 0 bridgehead atoms. The minimum absolute atomic E-state index is 0.241. The molecule has 1 aliphatic rings. The van der Waals surface area contributed by atoms with E-state index in [1.165, 1.54) is 111 Å². The quantitative estimate of drug-likeness (QED) is 0.174. The van der Waals surface area contributed by atoms with Gasteiger partial charge in [-0.05, 0) is 132 Å². The van der Waals surface area contributed by atoms with Gasteiger partial charge in [-0.3, -0.25) is 0 Å². The highest BCUT2D eigenvalue weighted by atomic mass is 15.0. The molecule has 2 aromatic heterocycles. The minimum atomic E-state index is 0.241. The van der Waals surface area contributed by atoms with Gasteiger partial charge in [-0.15, -0.1) is 0 Å². The molecule has 0 N–H and O–H groups in total. The molecule has 11 rings (SSSR count). The Hall–Kier alpha value is -6.64. The van der Waals surface area contributed by atoms with Gasteiger partial charge in [0.2, 0.25) is 0 Å². The van der Waals surface area contributed by atoms with E-state index in [9.17, 15) is 0 Å². The smallest absolute Gasteiger partial charge is 0.0542 e. The van der Waals surface area contributed by atoms with Crippen molar-refractivity contribution >= 4 is 43.6 Å². The third-order valence-corrected chi connectivity index (χ3v) is 11.9. The number of para-hydroxylation sites is 3. The summed E-state index contributed by atoms with van der Waals surface area (Å²) in [5.41, 5.74) is 20.7. The first-order valence-electron chi connectivity index (χ1n) is 19.0. The fraction of sp³-hybridized carbons (Fsp3) is 0.0769. The summed E-state index contributed by atoms with van der Waals surface area (Å²) >= 11 is 0. The van der Waals surface area contributed by atoms with E-state index in [-0.39, 0.29) is 5.92 Å². The summed E-state index contributed by atoms with van der Waals surface area (Å²) in [4.78, 5) is 0. The molecule has 0 fully saturated rings. The molecule has 54 heavy (non-hydrogen) atoms. The Kier molecular flexibility index (Phi) is 6.69. The standard InChI is InChI=1S/C52H38N2/c1-32-27-33(2)51(34(3)28-32)52-42-18-8-7-15-39(42)44-29-35(21-24-43(44)52)36-22-25-49-45(30-36)40-16-9-12-20-48(40)54(49)38-23-26-50-46(31-38)41-17-10-11-19-47(41)53(50)37-13-5-4-6-14-37/h4-31,52H,1-3H3. The lowest BCUT2D eigenvalue weighted by atomic mass is 9.83. The first-order valence-corrected chi connectivity index (χ1v) is 19.0. The Morgan fingerprint density at radius 3 is 1.65 bits per heavy atom. The Morgan fingerprint density at radius 1 is 0.370 bits per heavy atom. The first kappa shape index (κ1) is 30.9. The van der Waals surface area contributed by atoms with Crippen LogP contribution in [-0.4, -0.2) is 9.13 Å². The van der Waals surface area contributed by atoms with Gasteiger partial charge < -0.3 is 9.13 Å². The van der Waals surface area contributed by atoms with Crippen LogP contribution in [0, 0.1) is 20.8 Å². The lowest BCUT2D eigenvalue weighted by Gasteiger charge is -2.20. The normalized spacial score (nSPS) is 13.6. The first-order chi connectivity index (χ1) is 26.5. The van der Waals surface area contributed by atoms with Crippen LogP contribution in [0.3, 0.4) is 0 Å². The van der Waals surface area contributed by atoms with E-state index in [2.05, 4.69) is 200 Å². The largest absolute Gasteiger partial charge is 0.309 e. The van der Waals surface area contributed by atoms with Crippen LogP contribution >= 0.6 is 0 Å². The predicted octanol–water partition coefficient (Wildman–Crippen LogP) is 13.6. The number of aryl methyl sites for hydroxylation is 3. The second-order valence-electron chi connectivity index (χ2n) is 15.1. The zero-order valence-corrected chi connectivity index (χ0v) is 30.6. The molecule has 0 saturated heterocycles. The Morgan fingerprint density at radius 2 is 0.907 bits per heavy atom. The van der Waals surface area contributed by atoms with Crippen molar-refractivity contribution in [1.82, 2.24) is 9.13 Å². The zero-order chi connectivity index (χ0) is 36.1. The van der Waals surface area contributed by atoms with Crippen LogP contribution in [0.25, 0.3) is 77.2 Å². The second kappa shape index (κ2) is 11.7. The Bertz CT molecular complexity index is 3110. The molecular formula is C52H38N2. The average Bonchev–Trinajstić information content (AvgIpc) is 3.83. The third kappa shape index (κ3) is 4.47. The summed E-state index contributed by atoms with van der Waals surface area (Å²) in [5.74, 6) is 0.241. The average molecular weight is 691 g/mol. The molecule has 0 aliphatic heterocycles.